The van der Waals surface area contributed by atoms with Crippen LogP contribution in [0.5, 0.6) is 5.75 Å². The van der Waals surface area contributed by atoms with Crippen LogP contribution in [0.25, 0.3) is 0 Å². The second kappa shape index (κ2) is 4.53. The highest BCUT2D eigenvalue weighted by atomic mass is 16.6. The third-order valence-electron chi connectivity index (χ3n) is 2.55. The molecule has 4 nitrogen and oxygen atoms in total. The van der Waals surface area contributed by atoms with Crippen LogP contribution in [0.4, 0.5) is 0 Å². The van der Waals surface area contributed by atoms with Crippen LogP contribution in [0.2, 0.25) is 0 Å². The highest BCUT2D eigenvalue weighted by molar-refractivity contribution is 5.76. The van der Waals surface area contributed by atoms with Crippen LogP contribution >= 0.6 is 0 Å². The lowest BCUT2D eigenvalue weighted by Gasteiger charge is -2.12. The monoisotopic (exact) mass is 221 g/mol. The molecular formula is C12H15NO3. The van der Waals surface area contributed by atoms with E-state index in [2.05, 4.69) is 0 Å². The predicted molar refractivity (Wildman–Crippen MR) is 59.0 cm³/mol. The summed E-state index contributed by atoms with van der Waals surface area (Å²) < 4.78 is 10.4. The Morgan fingerprint density at radius 2 is 2.38 bits per heavy atom. The van der Waals surface area contributed by atoms with E-state index in [9.17, 15) is 4.79 Å². The molecule has 16 heavy (non-hydrogen) atoms. The van der Waals surface area contributed by atoms with Gasteiger partial charge in [-0.2, -0.15) is 0 Å². The number of hydrogen-bond donors (Lipinski definition) is 1. The van der Waals surface area contributed by atoms with Crippen molar-refractivity contribution in [2.45, 2.75) is 25.5 Å². The molecule has 0 saturated carbocycles. The van der Waals surface area contributed by atoms with Crippen molar-refractivity contribution in [1.82, 2.24) is 0 Å². The van der Waals surface area contributed by atoms with E-state index in [0.29, 0.717) is 18.8 Å². The van der Waals surface area contributed by atoms with E-state index in [4.69, 9.17) is 15.2 Å². The maximum Gasteiger partial charge on any atom is 0.347 e. The second-order valence-corrected chi connectivity index (χ2v) is 3.92. The van der Waals surface area contributed by atoms with Crippen LogP contribution in [0.15, 0.2) is 24.3 Å². The summed E-state index contributed by atoms with van der Waals surface area (Å²) in [6.07, 6.45) is 0.143. The summed E-state index contributed by atoms with van der Waals surface area (Å²) in [5, 5.41) is 0. The van der Waals surface area contributed by atoms with Gasteiger partial charge in [0.1, 0.15) is 5.75 Å². The minimum absolute atomic E-state index is 0.0425. The van der Waals surface area contributed by atoms with Gasteiger partial charge in [0.15, 0.2) is 6.10 Å². The third kappa shape index (κ3) is 2.33. The average molecular weight is 221 g/mol. The largest absolute Gasteiger partial charge is 0.479 e. The number of rotatable bonds is 3. The van der Waals surface area contributed by atoms with Crippen LogP contribution in [0.1, 0.15) is 24.9 Å². The summed E-state index contributed by atoms with van der Waals surface area (Å²) in [7, 11) is 0. The lowest BCUT2D eigenvalue weighted by Crippen LogP contribution is -2.21. The summed E-state index contributed by atoms with van der Waals surface area (Å²) in [6, 6.07) is 7.44. The molecule has 1 fully saturated rings. The van der Waals surface area contributed by atoms with E-state index < -0.39 is 6.10 Å². The van der Waals surface area contributed by atoms with E-state index in [1.54, 1.807) is 0 Å². The fourth-order valence-corrected chi connectivity index (χ4v) is 1.62. The van der Waals surface area contributed by atoms with E-state index in [0.717, 1.165) is 5.56 Å². The third-order valence-corrected chi connectivity index (χ3v) is 2.55. The maximum absolute atomic E-state index is 11.2. The van der Waals surface area contributed by atoms with Crippen molar-refractivity contribution in [1.29, 1.82) is 0 Å². The Labute approximate surface area is 94.3 Å². The molecule has 2 atom stereocenters. The van der Waals surface area contributed by atoms with Crippen molar-refractivity contribution in [2.75, 3.05) is 6.61 Å². The number of hydrogen-bond acceptors (Lipinski definition) is 4. The first-order chi connectivity index (χ1) is 7.66. The van der Waals surface area contributed by atoms with Crippen LogP contribution in [0, 0.1) is 0 Å². The highest BCUT2D eigenvalue weighted by Crippen LogP contribution is 2.21. The Bertz CT molecular complexity index is 390. The van der Waals surface area contributed by atoms with Crippen LogP contribution in [-0.2, 0) is 9.53 Å². The first-order valence-corrected chi connectivity index (χ1v) is 5.35. The highest BCUT2D eigenvalue weighted by Gasteiger charge is 2.28. The second-order valence-electron chi connectivity index (χ2n) is 3.92. The smallest absolute Gasteiger partial charge is 0.347 e. The van der Waals surface area contributed by atoms with Crippen molar-refractivity contribution in [3.63, 3.8) is 0 Å². The van der Waals surface area contributed by atoms with E-state index in [1.165, 1.54) is 0 Å². The van der Waals surface area contributed by atoms with Crippen LogP contribution in [0.3, 0.4) is 0 Å². The number of carbonyl (C=O) groups excluding carboxylic acids is 1. The van der Waals surface area contributed by atoms with Crippen molar-refractivity contribution in [3.8, 4) is 5.75 Å². The number of nitrogens with two attached hydrogens (primary N) is 1. The van der Waals surface area contributed by atoms with Gasteiger partial charge >= 0.3 is 5.97 Å². The molecule has 1 saturated heterocycles. The van der Waals surface area contributed by atoms with Crippen molar-refractivity contribution >= 4 is 5.97 Å². The topological polar surface area (TPSA) is 61.6 Å². The minimum atomic E-state index is -0.469. The molecule has 1 aliphatic rings. The summed E-state index contributed by atoms with van der Waals surface area (Å²) in [4.78, 5) is 11.2. The standard InChI is InChI=1S/C12H15NO3/c1-8(13)9-3-2-4-10(7-9)16-11-5-6-15-12(11)14/h2-4,7-8,11H,5-6,13H2,1H3/t8-,11?/m1/s1. The molecule has 0 spiro atoms. The predicted octanol–water partition coefficient (Wildman–Crippen LogP) is 1.40. The van der Waals surface area contributed by atoms with Crippen LogP contribution < -0.4 is 10.5 Å². The zero-order valence-electron chi connectivity index (χ0n) is 9.18. The summed E-state index contributed by atoms with van der Waals surface area (Å²) in [5.41, 5.74) is 6.76. The van der Waals surface area contributed by atoms with Gasteiger partial charge < -0.3 is 15.2 Å². The van der Waals surface area contributed by atoms with Gasteiger partial charge in [0.25, 0.3) is 0 Å². The Morgan fingerprint density at radius 1 is 1.56 bits per heavy atom. The molecule has 1 aromatic carbocycles. The first kappa shape index (κ1) is 11.0. The van der Waals surface area contributed by atoms with E-state index in [-0.39, 0.29) is 12.0 Å². The molecule has 1 aliphatic heterocycles. The van der Waals surface area contributed by atoms with Gasteiger partial charge in [0, 0.05) is 12.5 Å². The molecule has 1 aromatic rings. The number of ether oxygens (including phenoxy) is 2. The molecule has 4 heteroatoms. The SMILES string of the molecule is C[C@@H](N)c1cccc(OC2CCOC2=O)c1. The molecule has 0 aromatic heterocycles. The van der Waals surface area contributed by atoms with Crippen LogP contribution in [-0.4, -0.2) is 18.7 Å². The first-order valence-electron chi connectivity index (χ1n) is 5.35. The molecule has 0 amide bonds. The fraction of sp³-hybridized carbons (Fsp3) is 0.417. The Morgan fingerprint density at radius 3 is 3.00 bits per heavy atom. The molecule has 1 heterocycles. The molecule has 0 aliphatic carbocycles. The quantitative estimate of drug-likeness (QED) is 0.784. The lowest BCUT2D eigenvalue weighted by atomic mass is 10.1. The zero-order valence-corrected chi connectivity index (χ0v) is 9.18. The number of carbonyl (C=O) groups is 1. The Balaban J connectivity index is 2.09. The van der Waals surface area contributed by atoms with Gasteiger partial charge in [-0.25, -0.2) is 4.79 Å². The molecular weight excluding hydrogens is 206 g/mol. The minimum Gasteiger partial charge on any atom is -0.479 e. The van der Waals surface area contributed by atoms with Gasteiger partial charge in [0.2, 0.25) is 0 Å². The van der Waals surface area contributed by atoms with Gasteiger partial charge in [0.05, 0.1) is 6.61 Å². The number of esters is 1. The van der Waals surface area contributed by atoms with Crippen molar-refractivity contribution in [3.05, 3.63) is 29.8 Å². The molecule has 0 bridgehead atoms. The summed E-state index contributed by atoms with van der Waals surface area (Å²) in [6.45, 7) is 2.35. The fourth-order valence-electron chi connectivity index (χ4n) is 1.62. The molecule has 1 unspecified atom stereocenters. The molecule has 86 valence electrons. The maximum atomic E-state index is 11.2. The lowest BCUT2D eigenvalue weighted by molar-refractivity contribution is -0.143. The molecule has 0 radical (unpaired) electrons. The summed E-state index contributed by atoms with van der Waals surface area (Å²) >= 11 is 0. The van der Waals surface area contributed by atoms with Gasteiger partial charge in [-0.05, 0) is 24.6 Å². The Hall–Kier alpha value is -1.55. The number of benzene rings is 1. The van der Waals surface area contributed by atoms with Gasteiger partial charge in [-0.3, -0.25) is 0 Å². The van der Waals surface area contributed by atoms with E-state index in [1.807, 2.05) is 31.2 Å². The normalized spacial score (nSPS) is 21.6. The van der Waals surface area contributed by atoms with E-state index >= 15 is 0 Å². The van der Waals surface area contributed by atoms with Crippen molar-refractivity contribution < 1.29 is 14.3 Å². The summed E-state index contributed by atoms with van der Waals surface area (Å²) in [5.74, 6) is 0.379. The zero-order chi connectivity index (χ0) is 11.5. The Kier molecular flexibility index (Phi) is 3.10. The van der Waals surface area contributed by atoms with Gasteiger partial charge in [-0.15, -0.1) is 0 Å². The van der Waals surface area contributed by atoms with Crippen molar-refractivity contribution in [2.24, 2.45) is 5.73 Å². The average Bonchev–Trinajstić information content (AvgIpc) is 2.65. The van der Waals surface area contributed by atoms with Gasteiger partial charge in [-0.1, -0.05) is 12.1 Å². The number of cyclic esters (lactones) is 1. The molecule has 2 N–H and O–H groups in total. The molecule has 2 rings (SSSR count).